The summed E-state index contributed by atoms with van der Waals surface area (Å²) in [5, 5.41) is 10.6. The molecule has 10 aliphatic carbocycles. The van der Waals surface area contributed by atoms with Crippen LogP contribution in [0.25, 0.3) is 0 Å². The summed E-state index contributed by atoms with van der Waals surface area (Å²) < 4.78 is 37.8. The van der Waals surface area contributed by atoms with Gasteiger partial charge in [0.05, 0.1) is 39.8 Å². The molecule has 8 atom stereocenters. The molecule has 12 aliphatic rings. The largest absolute Gasteiger partial charge is 0.463 e. The third kappa shape index (κ3) is 12.4. The fourth-order valence-corrected chi connectivity index (χ4v) is 14.7. The minimum Gasteiger partial charge on any atom is -0.463 e. The number of rotatable bonds is 15. The molecule has 1 N–H and O–H groups in total. The molecular weight excluding hydrogens is 961 g/mol. The van der Waals surface area contributed by atoms with Gasteiger partial charge in [-0.3, -0.25) is 24.0 Å². The molecule has 0 amide bonds. The number of carbonyl (C=O) groups excluding carboxylic acids is 7. The van der Waals surface area contributed by atoms with Gasteiger partial charge in [-0.05, 0) is 200 Å². The topological polar surface area (TPSA) is 204 Å². The number of fused-ring (bicyclic) bond motifs is 1. The van der Waals surface area contributed by atoms with Crippen LogP contribution < -0.4 is 0 Å². The molecule has 10 saturated carbocycles. The molecule has 15 nitrogen and oxygen atoms in total. The van der Waals surface area contributed by atoms with Crippen LogP contribution in [-0.2, 0) is 66.7 Å². The van der Waals surface area contributed by atoms with E-state index in [0.717, 1.165) is 69.6 Å². The van der Waals surface area contributed by atoms with E-state index >= 15 is 0 Å². The molecule has 0 spiro atoms. The summed E-state index contributed by atoms with van der Waals surface area (Å²) in [4.78, 5) is 83.0. The van der Waals surface area contributed by atoms with E-state index in [1.807, 2.05) is 48.5 Å². The van der Waals surface area contributed by atoms with Crippen molar-refractivity contribution in [1.82, 2.24) is 0 Å². The summed E-state index contributed by atoms with van der Waals surface area (Å²) >= 11 is 0. The van der Waals surface area contributed by atoms with Crippen LogP contribution in [0.4, 0.5) is 0 Å². The molecule has 10 bridgehead atoms. The van der Waals surface area contributed by atoms with Gasteiger partial charge in [-0.15, -0.1) is 0 Å². The number of hydrogen-bond donors (Lipinski definition) is 1. The molecule has 0 aromatic heterocycles. The van der Waals surface area contributed by atoms with Crippen molar-refractivity contribution in [2.45, 2.75) is 247 Å². The number of aliphatic hydroxyl groups is 1. The Bertz CT molecular complexity index is 2090. The van der Waals surface area contributed by atoms with E-state index in [4.69, 9.17) is 33.2 Å². The Morgan fingerprint density at radius 2 is 1.11 bits per heavy atom. The second-order valence-corrected chi connectivity index (χ2v) is 27.5. The average Bonchev–Trinajstić information content (AvgIpc) is 4.10. The quantitative estimate of drug-likeness (QED) is 0.120. The van der Waals surface area contributed by atoms with Gasteiger partial charge in [0.1, 0.15) is 23.4 Å². The standard InChI is InChI=1S/C18H30O2.C16H22O6.C16H26O3.C10H16O4/c1-5-17(3,4)16(19)20-18(6-2)14-8-12-7-13(10-14)11-15(18)9-12;1-4-16(2,3)15(19)20-7-11(17)21-12-8-5-9-10(6-8)14(18)22-13(9)12;1-4-14(2,3)13(17)19-16-8-11-5-12(9-16)7-15(18,6-11)10-16;1-4-10(2,3)9(12)14-7-5-6-13-8(7)11/h12-15H,5-11H2,1-4H3;8-10,12-13H,4-7H2,1-3H3;11-12,18H,4-10H2,1-3H3;7H,4-6H2,1-3H3. The maximum atomic E-state index is 12.6. The van der Waals surface area contributed by atoms with Gasteiger partial charge in [-0.2, -0.15) is 0 Å². The summed E-state index contributed by atoms with van der Waals surface area (Å²) in [6, 6.07) is 0. The summed E-state index contributed by atoms with van der Waals surface area (Å²) in [7, 11) is 0. The number of cyclic esters (lactones) is 1. The molecule has 0 aromatic rings. The first-order chi connectivity index (χ1) is 35.0. The fourth-order valence-electron chi connectivity index (χ4n) is 14.7. The van der Waals surface area contributed by atoms with E-state index in [1.54, 1.807) is 27.7 Å². The van der Waals surface area contributed by atoms with Crippen LogP contribution in [-0.4, -0.2) is 95.2 Å². The molecular formula is C60H94O15. The Balaban J connectivity index is 0.000000148. The zero-order chi connectivity index (χ0) is 55.3. The van der Waals surface area contributed by atoms with Gasteiger partial charge in [0.15, 0.2) is 6.61 Å². The molecule has 424 valence electrons. The lowest BCUT2D eigenvalue weighted by atomic mass is 9.49. The van der Waals surface area contributed by atoms with Crippen molar-refractivity contribution in [3.05, 3.63) is 0 Å². The molecule has 12 rings (SSSR count). The minimum absolute atomic E-state index is 0.00636. The molecule has 0 radical (unpaired) electrons. The molecule has 0 aromatic carbocycles. The fraction of sp³-hybridized carbons (Fsp3) is 0.883. The summed E-state index contributed by atoms with van der Waals surface area (Å²) in [5.74, 6) is 2.68. The van der Waals surface area contributed by atoms with Crippen LogP contribution in [0.15, 0.2) is 0 Å². The number of esters is 7. The highest BCUT2D eigenvalue weighted by Crippen LogP contribution is 2.62. The highest BCUT2D eigenvalue weighted by atomic mass is 16.6. The predicted octanol–water partition coefficient (Wildman–Crippen LogP) is 10.4. The minimum atomic E-state index is -0.687. The van der Waals surface area contributed by atoms with Gasteiger partial charge >= 0.3 is 41.8 Å². The summed E-state index contributed by atoms with van der Waals surface area (Å²) in [5.41, 5.74) is -2.92. The second-order valence-electron chi connectivity index (χ2n) is 27.5. The maximum absolute atomic E-state index is 12.6. The van der Waals surface area contributed by atoms with Gasteiger partial charge in [-0.1, -0.05) is 34.6 Å². The number of carbonyl (C=O) groups is 7. The van der Waals surface area contributed by atoms with E-state index in [9.17, 15) is 38.7 Å². The van der Waals surface area contributed by atoms with E-state index < -0.39 is 45.9 Å². The van der Waals surface area contributed by atoms with Crippen LogP contribution in [0.5, 0.6) is 0 Å². The van der Waals surface area contributed by atoms with Gasteiger partial charge in [-0.25, -0.2) is 9.59 Å². The maximum Gasteiger partial charge on any atom is 0.347 e. The van der Waals surface area contributed by atoms with E-state index in [2.05, 4.69) is 13.8 Å². The lowest BCUT2D eigenvalue weighted by Gasteiger charge is -2.60. The SMILES string of the molecule is CCC(C)(C)C(=O)OC1(CC)C2CC3CC(C2)CC1C3.CCC(C)(C)C(=O)OC12CC3CC(CC(O)(C3)C1)C2.CCC(C)(C)C(=O)OC1CCOC1=O.CCC(C)(C)C(=O)OCC(=O)OC1C2CC3C(=O)OC1C3C2. The van der Waals surface area contributed by atoms with Gasteiger partial charge in [0.2, 0.25) is 6.10 Å². The van der Waals surface area contributed by atoms with Gasteiger partial charge < -0.3 is 38.3 Å². The van der Waals surface area contributed by atoms with Crippen molar-refractivity contribution < 1.29 is 71.8 Å². The van der Waals surface area contributed by atoms with Crippen molar-refractivity contribution in [3.8, 4) is 0 Å². The molecule has 75 heavy (non-hydrogen) atoms. The highest BCUT2D eigenvalue weighted by Gasteiger charge is 2.64. The smallest absolute Gasteiger partial charge is 0.347 e. The van der Waals surface area contributed by atoms with Crippen molar-refractivity contribution in [2.24, 2.45) is 74.9 Å². The van der Waals surface area contributed by atoms with E-state index in [1.165, 1.54) is 38.5 Å². The number of hydrogen-bond acceptors (Lipinski definition) is 15. The summed E-state index contributed by atoms with van der Waals surface area (Å²) in [6.45, 7) is 25.2. The molecule has 15 heteroatoms. The third-order valence-corrected chi connectivity index (χ3v) is 20.5. The van der Waals surface area contributed by atoms with Gasteiger partial charge in [0, 0.05) is 24.7 Å². The molecule has 2 heterocycles. The van der Waals surface area contributed by atoms with Crippen molar-refractivity contribution in [2.75, 3.05) is 13.2 Å². The van der Waals surface area contributed by atoms with Crippen LogP contribution in [0.2, 0.25) is 0 Å². The normalized spacial score (nSPS) is 37.1. The lowest BCUT2D eigenvalue weighted by Crippen LogP contribution is -2.61. The van der Waals surface area contributed by atoms with Crippen LogP contribution in [0, 0.1) is 74.9 Å². The zero-order valence-electron chi connectivity index (χ0n) is 47.9. The lowest BCUT2D eigenvalue weighted by molar-refractivity contribution is -0.225. The third-order valence-electron chi connectivity index (χ3n) is 20.5. The van der Waals surface area contributed by atoms with Crippen molar-refractivity contribution in [1.29, 1.82) is 0 Å². The first-order valence-electron chi connectivity index (χ1n) is 29.1. The van der Waals surface area contributed by atoms with Crippen molar-refractivity contribution in [3.63, 3.8) is 0 Å². The Hall–Kier alpha value is -3.75. The molecule has 8 unspecified atom stereocenters. The van der Waals surface area contributed by atoms with Crippen LogP contribution in [0.1, 0.15) is 212 Å². The molecule has 12 fully saturated rings. The first-order valence-corrected chi connectivity index (χ1v) is 29.1. The second kappa shape index (κ2) is 22.2. The molecule has 2 aliphatic heterocycles. The average molecular weight is 1060 g/mol. The van der Waals surface area contributed by atoms with Crippen molar-refractivity contribution >= 4 is 41.8 Å². The van der Waals surface area contributed by atoms with Crippen LogP contribution >= 0.6 is 0 Å². The Morgan fingerprint density at radius 1 is 0.600 bits per heavy atom. The van der Waals surface area contributed by atoms with Crippen LogP contribution in [0.3, 0.4) is 0 Å². The zero-order valence-corrected chi connectivity index (χ0v) is 47.9. The predicted molar refractivity (Wildman–Crippen MR) is 277 cm³/mol. The monoisotopic (exact) mass is 1050 g/mol. The molecule has 2 saturated heterocycles. The van der Waals surface area contributed by atoms with E-state index in [-0.39, 0.29) is 77.1 Å². The first kappa shape index (κ1) is 58.9. The highest BCUT2D eigenvalue weighted by molar-refractivity contribution is 5.83. The van der Waals surface area contributed by atoms with E-state index in [0.29, 0.717) is 56.0 Å². The number of ether oxygens (including phenoxy) is 7. The Kier molecular flexibility index (Phi) is 17.4. The summed E-state index contributed by atoms with van der Waals surface area (Å²) in [6.07, 6.45) is 17.0. The Labute approximate surface area is 447 Å². The Morgan fingerprint density at radius 3 is 1.60 bits per heavy atom. The van der Waals surface area contributed by atoms with Gasteiger partial charge in [0.25, 0.3) is 0 Å².